The smallest absolute Gasteiger partial charge is 0.288 e. The molecule has 2 aromatic rings. The summed E-state index contributed by atoms with van der Waals surface area (Å²) in [5, 5.41) is 0. The molecule has 0 spiro atoms. The first-order valence-corrected chi connectivity index (χ1v) is 7.91. The highest BCUT2D eigenvalue weighted by atomic mass is 32.2. The summed E-state index contributed by atoms with van der Waals surface area (Å²) in [6.07, 6.45) is 3.17. The molecule has 23 heavy (non-hydrogen) atoms. The van der Waals surface area contributed by atoms with Crippen molar-refractivity contribution in [1.29, 1.82) is 0 Å². The van der Waals surface area contributed by atoms with Gasteiger partial charge in [-0.05, 0) is 24.3 Å². The van der Waals surface area contributed by atoms with Crippen molar-refractivity contribution in [1.82, 2.24) is 9.88 Å². The molecule has 1 saturated heterocycles. The van der Waals surface area contributed by atoms with E-state index in [1.165, 1.54) is 6.07 Å². The summed E-state index contributed by atoms with van der Waals surface area (Å²) in [5.41, 5.74) is 0.303. The topological polar surface area (TPSA) is 42.4 Å². The maximum Gasteiger partial charge on any atom is 0.288 e. The molecule has 0 unspecified atom stereocenters. The lowest BCUT2D eigenvalue weighted by atomic mass is 10.1. The highest BCUT2D eigenvalue weighted by Crippen LogP contribution is 2.30. The Balaban J connectivity index is 1.61. The van der Waals surface area contributed by atoms with Gasteiger partial charge in [-0.2, -0.15) is 8.78 Å². The van der Waals surface area contributed by atoms with Crippen LogP contribution in [0.1, 0.15) is 10.4 Å². The predicted octanol–water partition coefficient (Wildman–Crippen LogP) is 3.30. The molecule has 1 aromatic heterocycles. The summed E-state index contributed by atoms with van der Waals surface area (Å²) in [6, 6.07) is 9.99. The zero-order valence-corrected chi connectivity index (χ0v) is 12.9. The van der Waals surface area contributed by atoms with Gasteiger partial charge in [0.1, 0.15) is 11.9 Å². The van der Waals surface area contributed by atoms with E-state index in [4.69, 9.17) is 4.74 Å². The van der Waals surface area contributed by atoms with Crippen LogP contribution in [0.25, 0.3) is 0 Å². The van der Waals surface area contributed by atoms with Gasteiger partial charge >= 0.3 is 0 Å². The van der Waals surface area contributed by atoms with Gasteiger partial charge in [0.15, 0.2) is 0 Å². The number of amides is 1. The second kappa shape index (κ2) is 6.95. The van der Waals surface area contributed by atoms with E-state index in [1.807, 2.05) is 0 Å². The maximum atomic E-state index is 12.6. The number of aromatic nitrogens is 1. The summed E-state index contributed by atoms with van der Waals surface area (Å²) >= 11 is 0.388. The molecule has 7 heteroatoms. The standard InChI is InChI=1S/C16H14F2N2O2S/c17-16(18)23-14-6-2-1-5-13(14)15(21)20-9-12(10-20)22-11-4-3-7-19-8-11/h1-8,12,16H,9-10H2. The van der Waals surface area contributed by atoms with Crippen LogP contribution in [-0.2, 0) is 0 Å². The molecule has 120 valence electrons. The molecule has 0 bridgehead atoms. The zero-order valence-electron chi connectivity index (χ0n) is 12.1. The number of carbonyl (C=O) groups is 1. The normalized spacial score (nSPS) is 14.7. The Kier molecular flexibility index (Phi) is 4.76. The summed E-state index contributed by atoms with van der Waals surface area (Å²) < 4.78 is 30.8. The van der Waals surface area contributed by atoms with Gasteiger partial charge in [-0.1, -0.05) is 23.9 Å². The number of halogens is 2. The summed E-state index contributed by atoms with van der Waals surface area (Å²) in [5.74, 6) is -2.15. The maximum absolute atomic E-state index is 12.6. The number of benzene rings is 1. The van der Waals surface area contributed by atoms with E-state index in [2.05, 4.69) is 4.98 Å². The van der Waals surface area contributed by atoms with Crippen molar-refractivity contribution in [2.24, 2.45) is 0 Å². The zero-order chi connectivity index (χ0) is 16.2. The molecular formula is C16H14F2N2O2S. The molecule has 0 radical (unpaired) electrons. The van der Waals surface area contributed by atoms with Gasteiger partial charge in [0.05, 0.1) is 24.8 Å². The Hall–Kier alpha value is -2.15. The predicted molar refractivity (Wildman–Crippen MR) is 82.9 cm³/mol. The van der Waals surface area contributed by atoms with E-state index < -0.39 is 5.76 Å². The Bertz CT molecular complexity index is 679. The minimum atomic E-state index is -2.55. The van der Waals surface area contributed by atoms with Crippen molar-refractivity contribution >= 4 is 17.7 Å². The average molecular weight is 336 g/mol. The van der Waals surface area contributed by atoms with Gasteiger partial charge < -0.3 is 9.64 Å². The molecule has 0 N–H and O–H groups in total. The van der Waals surface area contributed by atoms with Gasteiger partial charge in [-0.25, -0.2) is 0 Å². The molecule has 1 amide bonds. The van der Waals surface area contributed by atoms with Crippen LogP contribution in [0.4, 0.5) is 8.78 Å². The molecule has 3 rings (SSSR count). The molecule has 4 nitrogen and oxygen atoms in total. The van der Waals surface area contributed by atoms with Crippen LogP contribution >= 0.6 is 11.8 Å². The number of pyridine rings is 1. The van der Waals surface area contributed by atoms with Crippen LogP contribution in [-0.4, -0.2) is 40.7 Å². The highest BCUT2D eigenvalue weighted by molar-refractivity contribution is 7.99. The van der Waals surface area contributed by atoms with Gasteiger partial charge in [-0.15, -0.1) is 0 Å². The molecule has 1 aliphatic rings. The lowest BCUT2D eigenvalue weighted by Crippen LogP contribution is -2.56. The Morgan fingerprint density at radius 2 is 2.04 bits per heavy atom. The largest absolute Gasteiger partial charge is 0.485 e. The third-order valence-corrected chi connectivity index (χ3v) is 4.19. The number of hydrogen-bond donors (Lipinski definition) is 0. The van der Waals surface area contributed by atoms with Crippen molar-refractivity contribution in [2.75, 3.05) is 13.1 Å². The van der Waals surface area contributed by atoms with Gasteiger partial charge in [0, 0.05) is 11.1 Å². The van der Waals surface area contributed by atoms with Crippen LogP contribution in [0.3, 0.4) is 0 Å². The van der Waals surface area contributed by atoms with Gasteiger partial charge in [-0.3, -0.25) is 9.78 Å². The molecule has 0 saturated carbocycles. The molecule has 1 aromatic carbocycles. The fourth-order valence-electron chi connectivity index (χ4n) is 2.30. The molecule has 1 fully saturated rings. The van der Waals surface area contributed by atoms with E-state index in [0.29, 0.717) is 41.1 Å². The molecule has 0 atom stereocenters. The third kappa shape index (κ3) is 3.79. The second-order valence-corrected chi connectivity index (χ2v) is 6.05. The van der Waals surface area contributed by atoms with Gasteiger partial charge in [0.2, 0.25) is 0 Å². The summed E-state index contributed by atoms with van der Waals surface area (Å²) in [6.45, 7) is 0.864. The SMILES string of the molecule is O=C(c1ccccc1SC(F)F)N1CC(Oc2cccnc2)C1. The van der Waals surface area contributed by atoms with Crippen molar-refractivity contribution in [3.05, 3.63) is 54.4 Å². The van der Waals surface area contributed by atoms with Crippen molar-refractivity contribution in [2.45, 2.75) is 16.8 Å². The number of rotatable bonds is 5. The lowest BCUT2D eigenvalue weighted by molar-refractivity contribution is 0.0174. The van der Waals surface area contributed by atoms with Crippen LogP contribution in [0, 0.1) is 0 Å². The van der Waals surface area contributed by atoms with Crippen LogP contribution in [0.5, 0.6) is 5.75 Å². The van der Waals surface area contributed by atoms with Crippen LogP contribution in [0.15, 0.2) is 53.7 Å². The molecule has 1 aliphatic heterocycles. The Morgan fingerprint density at radius 1 is 1.26 bits per heavy atom. The summed E-state index contributed by atoms with van der Waals surface area (Å²) in [7, 11) is 0. The Morgan fingerprint density at radius 3 is 2.74 bits per heavy atom. The van der Waals surface area contributed by atoms with E-state index in [9.17, 15) is 13.6 Å². The van der Waals surface area contributed by atoms with Crippen molar-refractivity contribution < 1.29 is 18.3 Å². The lowest BCUT2D eigenvalue weighted by Gasteiger charge is -2.39. The monoisotopic (exact) mass is 336 g/mol. The number of nitrogens with zero attached hydrogens (tertiary/aromatic N) is 2. The second-order valence-electron chi connectivity index (χ2n) is 5.01. The Labute approximate surface area is 136 Å². The van der Waals surface area contributed by atoms with E-state index in [1.54, 1.807) is 47.6 Å². The van der Waals surface area contributed by atoms with Gasteiger partial charge in [0.25, 0.3) is 11.7 Å². The number of carbonyl (C=O) groups excluding carboxylic acids is 1. The summed E-state index contributed by atoms with van der Waals surface area (Å²) in [4.78, 5) is 18.3. The fraction of sp³-hybridized carbons (Fsp3) is 0.250. The molecule has 0 aliphatic carbocycles. The first-order valence-electron chi connectivity index (χ1n) is 7.03. The third-order valence-electron chi connectivity index (χ3n) is 3.41. The number of ether oxygens (including phenoxy) is 1. The van der Waals surface area contributed by atoms with E-state index in [-0.39, 0.29) is 12.0 Å². The van der Waals surface area contributed by atoms with Crippen LogP contribution in [0.2, 0.25) is 0 Å². The fourth-order valence-corrected chi connectivity index (χ4v) is 2.93. The first kappa shape index (κ1) is 15.7. The quantitative estimate of drug-likeness (QED) is 0.786. The number of likely N-dealkylation sites (tertiary alicyclic amines) is 1. The van der Waals surface area contributed by atoms with Crippen molar-refractivity contribution in [3.63, 3.8) is 0 Å². The number of hydrogen-bond acceptors (Lipinski definition) is 4. The number of alkyl halides is 2. The first-order chi connectivity index (χ1) is 11.1. The highest BCUT2D eigenvalue weighted by Gasteiger charge is 2.33. The minimum Gasteiger partial charge on any atom is -0.485 e. The number of thioether (sulfide) groups is 1. The van der Waals surface area contributed by atoms with Crippen LogP contribution < -0.4 is 4.74 Å². The minimum absolute atomic E-state index is 0.0990. The molecular weight excluding hydrogens is 322 g/mol. The average Bonchev–Trinajstić information content (AvgIpc) is 2.51. The van der Waals surface area contributed by atoms with E-state index >= 15 is 0 Å². The molecule has 2 heterocycles. The van der Waals surface area contributed by atoms with E-state index in [0.717, 1.165) is 0 Å². The van der Waals surface area contributed by atoms with Crippen molar-refractivity contribution in [3.8, 4) is 5.75 Å².